The fraction of sp³-hybridized carbons (Fsp3) is 0.750. The second-order valence-electron chi connectivity index (χ2n) is 3.41. The van der Waals surface area contributed by atoms with E-state index in [9.17, 15) is 4.79 Å². The van der Waals surface area contributed by atoms with Gasteiger partial charge in [0.15, 0.2) is 0 Å². The minimum Gasteiger partial charge on any atom is -0.444 e. The van der Waals surface area contributed by atoms with E-state index in [0.29, 0.717) is 13.1 Å². The fourth-order valence-corrected chi connectivity index (χ4v) is 0.678. The summed E-state index contributed by atoms with van der Waals surface area (Å²) in [7, 11) is 0. The SMILES string of the molecule is CC(C)(C)OC(=O)NCC[N+]#CS. The lowest BCUT2D eigenvalue weighted by Crippen LogP contribution is -2.33. The fourth-order valence-electron chi connectivity index (χ4n) is 0.578. The number of thiocyanates is 1. The van der Waals surface area contributed by atoms with Gasteiger partial charge in [-0.15, -0.1) is 0 Å². The number of alkyl carbamates (subject to hydrolysis) is 1. The lowest BCUT2D eigenvalue weighted by atomic mass is 10.2. The zero-order chi connectivity index (χ0) is 10.3. The number of rotatable bonds is 2. The third-order valence-electron chi connectivity index (χ3n) is 0.963. The highest BCUT2D eigenvalue weighted by Gasteiger charge is 2.15. The van der Waals surface area contributed by atoms with Crippen molar-refractivity contribution in [2.75, 3.05) is 13.1 Å². The van der Waals surface area contributed by atoms with Crippen molar-refractivity contribution in [2.24, 2.45) is 0 Å². The number of ether oxygens (including phenoxy) is 1. The van der Waals surface area contributed by atoms with Gasteiger partial charge in [0.2, 0.25) is 0 Å². The highest BCUT2D eigenvalue weighted by molar-refractivity contribution is 7.85. The van der Waals surface area contributed by atoms with Crippen LogP contribution in [-0.4, -0.2) is 24.8 Å². The first kappa shape index (κ1) is 12.1. The Kier molecular flexibility index (Phi) is 5.31. The van der Waals surface area contributed by atoms with Gasteiger partial charge in [-0.3, -0.25) is 0 Å². The summed E-state index contributed by atoms with van der Waals surface area (Å²) in [4.78, 5) is 14.7. The van der Waals surface area contributed by atoms with Crippen molar-refractivity contribution in [2.45, 2.75) is 26.4 Å². The van der Waals surface area contributed by atoms with Crippen LogP contribution in [0, 0.1) is 5.40 Å². The first-order chi connectivity index (χ1) is 5.95. The molecule has 0 aromatic carbocycles. The molecular weight excluding hydrogens is 188 g/mol. The Bertz CT molecular complexity index is 225. The third-order valence-corrected chi connectivity index (χ3v) is 1.10. The molecule has 0 radical (unpaired) electrons. The Labute approximate surface area is 83.9 Å². The van der Waals surface area contributed by atoms with Crippen molar-refractivity contribution >= 4 is 18.7 Å². The van der Waals surface area contributed by atoms with E-state index >= 15 is 0 Å². The molecule has 0 aromatic heterocycles. The molecule has 74 valence electrons. The molecule has 4 nitrogen and oxygen atoms in total. The number of hydrogen-bond donors (Lipinski definition) is 2. The van der Waals surface area contributed by atoms with E-state index in [4.69, 9.17) is 4.74 Å². The molecule has 0 unspecified atom stereocenters. The lowest BCUT2D eigenvalue weighted by molar-refractivity contribution is 0.0530. The number of nitrogens with one attached hydrogen (secondary N) is 1. The Morgan fingerprint density at radius 3 is 2.69 bits per heavy atom. The number of nitrogens with zero attached hydrogens (tertiary/aromatic N) is 1. The summed E-state index contributed by atoms with van der Waals surface area (Å²) in [5, 5.41) is 4.86. The van der Waals surface area contributed by atoms with Crippen LogP contribution in [0.1, 0.15) is 20.8 Å². The predicted molar refractivity (Wildman–Crippen MR) is 55.3 cm³/mol. The van der Waals surface area contributed by atoms with Gasteiger partial charge in [-0.2, -0.15) is 0 Å². The van der Waals surface area contributed by atoms with Crippen molar-refractivity contribution in [3.05, 3.63) is 4.85 Å². The van der Waals surface area contributed by atoms with E-state index < -0.39 is 11.7 Å². The van der Waals surface area contributed by atoms with Gasteiger partial charge in [-0.25, -0.2) is 4.79 Å². The smallest absolute Gasteiger partial charge is 0.407 e. The maximum Gasteiger partial charge on any atom is 0.407 e. The number of carbonyl (C=O) groups excluding carboxylic acids is 1. The molecule has 1 N–H and O–H groups in total. The highest BCUT2D eigenvalue weighted by atomic mass is 32.1. The number of hydrogen-bond acceptors (Lipinski definition) is 3. The largest absolute Gasteiger partial charge is 0.444 e. The van der Waals surface area contributed by atoms with Crippen LogP contribution in [0.3, 0.4) is 0 Å². The molecule has 13 heavy (non-hydrogen) atoms. The van der Waals surface area contributed by atoms with Crippen molar-refractivity contribution in [3.63, 3.8) is 0 Å². The van der Waals surface area contributed by atoms with Gasteiger partial charge in [0.1, 0.15) is 5.60 Å². The molecule has 0 aliphatic carbocycles. The minimum atomic E-state index is -0.455. The Morgan fingerprint density at radius 2 is 2.23 bits per heavy atom. The van der Waals surface area contributed by atoms with Gasteiger partial charge in [0, 0.05) is 0 Å². The van der Waals surface area contributed by atoms with E-state index in [0.717, 1.165) is 0 Å². The van der Waals surface area contributed by atoms with Crippen LogP contribution < -0.4 is 5.32 Å². The summed E-state index contributed by atoms with van der Waals surface area (Å²) in [5.74, 6) is 0. The van der Waals surface area contributed by atoms with Gasteiger partial charge < -0.3 is 10.1 Å². The molecule has 0 bridgehead atoms. The molecule has 0 aromatic rings. The molecule has 0 fully saturated rings. The molecule has 0 spiro atoms. The van der Waals surface area contributed by atoms with Gasteiger partial charge in [0.05, 0.1) is 6.54 Å². The van der Waals surface area contributed by atoms with Gasteiger partial charge >= 0.3 is 11.5 Å². The summed E-state index contributed by atoms with van der Waals surface area (Å²) in [6, 6.07) is 0. The molecule has 0 rings (SSSR count). The van der Waals surface area contributed by atoms with Crippen LogP contribution in [0.4, 0.5) is 4.79 Å². The van der Waals surface area contributed by atoms with E-state index in [2.05, 4.69) is 28.2 Å². The molecule has 5 heteroatoms. The van der Waals surface area contributed by atoms with Crippen LogP contribution in [0.2, 0.25) is 0 Å². The maximum absolute atomic E-state index is 11.0. The van der Waals surface area contributed by atoms with E-state index in [1.165, 1.54) is 0 Å². The summed E-state index contributed by atoms with van der Waals surface area (Å²) in [5.41, 5.74) is -0.455. The monoisotopic (exact) mass is 203 g/mol. The maximum atomic E-state index is 11.0. The summed E-state index contributed by atoms with van der Waals surface area (Å²) >= 11 is 3.65. The summed E-state index contributed by atoms with van der Waals surface area (Å²) in [6.45, 7) is 6.33. The van der Waals surface area contributed by atoms with E-state index in [-0.39, 0.29) is 0 Å². The van der Waals surface area contributed by atoms with Crippen molar-refractivity contribution in [1.82, 2.24) is 5.32 Å². The van der Waals surface area contributed by atoms with Gasteiger partial charge in [0.25, 0.3) is 6.54 Å². The Morgan fingerprint density at radius 1 is 1.62 bits per heavy atom. The molecule has 0 saturated heterocycles. The van der Waals surface area contributed by atoms with Gasteiger partial charge in [-0.1, -0.05) is 4.85 Å². The Balaban J connectivity index is 3.56. The first-order valence-corrected chi connectivity index (χ1v) is 4.43. The van der Waals surface area contributed by atoms with E-state index in [1.54, 1.807) is 0 Å². The van der Waals surface area contributed by atoms with Gasteiger partial charge in [-0.05, 0) is 33.4 Å². The zero-order valence-corrected chi connectivity index (χ0v) is 9.02. The normalized spacial score (nSPS) is 9.85. The van der Waals surface area contributed by atoms with E-state index in [1.807, 2.05) is 20.8 Å². The number of amides is 1. The molecule has 0 saturated carbocycles. The molecule has 0 atom stereocenters. The molecule has 1 amide bonds. The van der Waals surface area contributed by atoms with Crippen molar-refractivity contribution in [3.8, 4) is 5.40 Å². The van der Waals surface area contributed by atoms with Crippen LogP contribution in [0.25, 0.3) is 4.85 Å². The topological polar surface area (TPSA) is 42.7 Å². The first-order valence-electron chi connectivity index (χ1n) is 3.98. The number of thiol groups is 1. The van der Waals surface area contributed by atoms with Crippen LogP contribution in [0.5, 0.6) is 0 Å². The standard InChI is InChI=1S/C8H14N2O2S/c1-8(2,3)12-7(11)10-5-4-9-6-13/h4-5H2,1-3H3,(H,10,11)/p+1. The quantitative estimate of drug-likeness (QED) is 0.408. The summed E-state index contributed by atoms with van der Waals surface area (Å²) in [6.07, 6.45) is -0.429. The average molecular weight is 203 g/mol. The van der Waals surface area contributed by atoms with Crippen LogP contribution in [0.15, 0.2) is 0 Å². The predicted octanol–water partition coefficient (Wildman–Crippen LogP) is 1.73. The molecule has 0 aliphatic heterocycles. The van der Waals surface area contributed by atoms with Crippen molar-refractivity contribution < 1.29 is 9.53 Å². The highest BCUT2D eigenvalue weighted by Crippen LogP contribution is 2.05. The minimum absolute atomic E-state index is 0.429. The lowest BCUT2D eigenvalue weighted by Gasteiger charge is -2.18. The summed E-state index contributed by atoms with van der Waals surface area (Å²) < 4.78 is 4.99. The third kappa shape index (κ3) is 9.02. The number of carbonyl (C=O) groups is 1. The molecule has 0 aliphatic rings. The Hall–Kier alpha value is -0.890. The molecule has 0 heterocycles. The average Bonchev–Trinajstić information content (AvgIpc) is 1.94. The molecular formula is C8H15N2O2S+. The van der Waals surface area contributed by atoms with Crippen LogP contribution in [-0.2, 0) is 4.74 Å². The zero-order valence-electron chi connectivity index (χ0n) is 8.13. The second-order valence-corrected chi connectivity index (χ2v) is 3.61. The van der Waals surface area contributed by atoms with Crippen molar-refractivity contribution in [1.29, 1.82) is 0 Å². The second kappa shape index (κ2) is 5.70. The van der Waals surface area contributed by atoms with Crippen LogP contribution >= 0.6 is 12.6 Å².